The second kappa shape index (κ2) is 8.15. The normalized spacial score (nSPS) is 20.2. The maximum absolute atomic E-state index is 12.9. The lowest BCUT2D eigenvalue weighted by Crippen LogP contribution is -2.38. The number of alkyl halides is 3. The van der Waals surface area contributed by atoms with Gasteiger partial charge in [0.2, 0.25) is 0 Å². The molecule has 28 heavy (non-hydrogen) atoms. The molecule has 1 N–H and O–H groups in total. The van der Waals surface area contributed by atoms with E-state index in [4.69, 9.17) is 11.6 Å². The second-order valence-corrected chi connectivity index (χ2v) is 7.91. The number of hydrogen-bond donors (Lipinski definition) is 1. The van der Waals surface area contributed by atoms with Gasteiger partial charge in [-0.2, -0.15) is 18.3 Å². The molecule has 1 aliphatic carbocycles. The number of carbonyl (C=O) groups excluding carboxylic acids is 1. The Bertz CT molecular complexity index is 835. The van der Waals surface area contributed by atoms with Gasteiger partial charge in [-0.1, -0.05) is 11.6 Å². The minimum atomic E-state index is -4.51. The first-order chi connectivity index (χ1) is 13.1. The van der Waals surface area contributed by atoms with Crippen LogP contribution in [0.1, 0.15) is 52.9 Å². The fourth-order valence-electron chi connectivity index (χ4n) is 3.60. The van der Waals surface area contributed by atoms with Crippen LogP contribution in [-0.2, 0) is 12.7 Å². The zero-order valence-corrected chi connectivity index (χ0v) is 16.6. The summed E-state index contributed by atoms with van der Waals surface area (Å²) in [5, 5.41) is 7.35. The van der Waals surface area contributed by atoms with Crippen LogP contribution in [0.3, 0.4) is 0 Å². The Morgan fingerprint density at radius 3 is 2.50 bits per heavy atom. The molecule has 1 saturated carbocycles. The molecular formula is C20H23ClF3N3O. The molecule has 0 bridgehead atoms. The van der Waals surface area contributed by atoms with Gasteiger partial charge in [-0.05, 0) is 69.2 Å². The zero-order chi connectivity index (χ0) is 20.5. The van der Waals surface area contributed by atoms with Crippen molar-refractivity contribution in [2.45, 2.75) is 58.3 Å². The quantitative estimate of drug-likeness (QED) is 0.752. The number of hydrogen-bond acceptors (Lipinski definition) is 2. The van der Waals surface area contributed by atoms with Crippen molar-refractivity contribution < 1.29 is 18.0 Å². The highest BCUT2D eigenvalue weighted by atomic mass is 35.5. The predicted octanol–water partition coefficient (Wildman–Crippen LogP) is 5.16. The molecule has 0 aliphatic heterocycles. The Labute approximate surface area is 167 Å². The molecule has 0 spiro atoms. The predicted molar refractivity (Wildman–Crippen MR) is 101 cm³/mol. The van der Waals surface area contributed by atoms with E-state index in [1.54, 1.807) is 0 Å². The maximum Gasteiger partial charge on any atom is 0.416 e. The molecule has 1 aromatic carbocycles. The van der Waals surface area contributed by atoms with Gasteiger partial charge in [0.05, 0.1) is 21.8 Å². The summed E-state index contributed by atoms with van der Waals surface area (Å²) in [5.74, 6) is -0.0816. The largest absolute Gasteiger partial charge is 0.416 e. The standard InChI is InChI=1S/C20H23ClF3N3O/c1-12-10-27(26-13(12)2)11-14-3-6-16(7-4-14)25-19(28)17-9-15(20(22,23)24)5-8-18(17)21/h5,8-10,14,16H,3-4,6-7,11H2,1-2H3,(H,25,28)/t14-,16-. The monoisotopic (exact) mass is 413 g/mol. The highest BCUT2D eigenvalue weighted by Crippen LogP contribution is 2.32. The molecule has 1 aromatic heterocycles. The molecule has 152 valence electrons. The van der Waals surface area contributed by atoms with E-state index in [-0.39, 0.29) is 16.6 Å². The molecule has 1 aliphatic rings. The minimum absolute atomic E-state index is 0.0172. The molecule has 0 radical (unpaired) electrons. The van der Waals surface area contributed by atoms with Crippen LogP contribution in [0.2, 0.25) is 5.02 Å². The number of benzene rings is 1. The number of aromatic nitrogens is 2. The van der Waals surface area contributed by atoms with Crippen molar-refractivity contribution in [1.29, 1.82) is 0 Å². The summed E-state index contributed by atoms with van der Waals surface area (Å²) in [6.45, 7) is 4.86. The third kappa shape index (κ3) is 4.87. The smallest absolute Gasteiger partial charge is 0.349 e. The average molecular weight is 414 g/mol. The lowest BCUT2D eigenvalue weighted by Gasteiger charge is -2.29. The fraction of sp³-hybridized carbons (Fsp3) is 0.500. The van der Waals surface area contributed by atoms with Crippen LogP contribution in [0.4, 0.5) is 13.2 Å². The number of nitrogens with zero attached hydrogens (tertiary/aromatic N) is 2. The molecule has 0 atom stereocenters. The molecular weight excluding hydrogens is 391 g/mol. The highest BCUT2D eigenvalue weighted by molar-refractivity contribution is 6.33. The first-order valence-corrected chi connectivity index (χ1v) is 9.69. The lowest BCUT2D eigenvalue weighted by atomic mass is 9.86. The molecule has 0 unspecified atom stereocenters. The number of amides is 1. The molecule has 1 heterocycles. The van der Waals surface area contributed by atoms with Gasteiger partial charge in [0.15, 0.2) is 0 Å². The van der Waals surface area contributed by atoms with Gasteiger partial charge in [0.25, 0.3) is 5.91 Å². The van der Waals surface area contributed by atoms with Crippen molar-refractivity contribution >= 4 is 17.5 Å². The van der Waals surface area contributed by atoms with Gasteiger partial charge >= 0.3 is 6.18 Å². The molecule has 1 amide bonds. The van der Waals surface area contributed by atoms with Crippen LogP contribution in [0.15, 0.2) is 24.4 Å². The SMILES string of the molecule is Cc1cn(C[C@H]2CC[C@H](NC(=O)c3cc(C(F)(F)F)ccc3Cl)CC2)nc1C. The van der Waals surface area contributed by atoms with E-state index in [0.29, 0.717) is 5.92 Å². The Morgan fingerprint density at radius 1 is 1.25 bits per heavy atom. The van der Waals surface area contributed by atoms with Gasteiger partial charge in [-0.3, -0.25) is 9.48 Å². The summed E-state index contributed by atoms with van der Waals surface area (Å²) in [6.07, 6.45) is 0.955. The van der Waals surface area contributed by atoms with Crippen molar-refractivity contribution in [2.75, 3.05) is 0 Å². The zero-order valence-electron chi connectivity index (χ0n) is 15.8. The van der Waals surface area contributed by atoms with E-state index in [0.717, 1.165) is 56.1 Å². The Morgan fingerprint density at radius 2 is 1.93 bits per heavy atom. The Kier molecular flexibility index (Phi) is 6.03. The van der Waals surface area contributed by atoms with Crippen molar-refractivity contribution in [3.63, 3.8) is 0 Å². The molecule has 2 aromatic rings. The third-order valence-electron chi connectivity index (χ3n) is 5.36. The summed E-state index contributed by atoms with van der Waals surface area (Å²) in [5.41, 5.74) is 1.18. The molecule has 4 nitrogen and oxygen atoms in total. The van der Waals surface area contributed by atoms with E-state index in [1.165, 1.54) is 5.56 Å². The highest BCUT2D eigenvalue weighted by Gasteiger charge is 2.32. The third-order valence-corrected chi connectivity index (χ3v) is 5.69. The average Bonchev–Trinajstić information content (AvgIpc) is 2.93. The van der Waals surface area contributed by atoms with Gasteiger partial charge in [0.1, 0.15) is 0 Å². The first kappa shape index (κ1) is 20.7. The lowest BCUT2D eigenvalue weighted by molar-refractivity contribution is -0.137. The van der Waals surface area contributed by atoms with E-state index in [1.807, 2.05) is 24.7 Å². The second-order valence-electron chi connectivity index (χ2n) is 7.50. The number of aryl methyl sites for hydroxylation is 2. The topological polar surface area (TPSA) is 46.9 Å². The van der Waals surface area contributed by atoms with E-state index in [2.05, 4.69) is 10.4 Å². The maximum atomic E-state index is 12.9. The van der Waals surface area contributed by atoms with Gasteiger partial charge < -0.3 is 5.32 Å². The van der Waals surface area contributed by atoms with E-state index >= 15 is 0 Å². The van der Waals surface area contributed by atoms with Crippen LogP contribution >= 0.6 is 11.6 Å². The molecule has 3 rings (SSSR count). The summed E-state index contributed by atoms with van der Waals surface area (Å²) in [6, 6.07) is 2.74. The number of nitrogens with one attached hydrogen (secondary N) is 1. The van der Waals surface area contributed by atoms with Gasteiger partial charge in [0, 0.05) is 18.8 Å². The van der Waals surface area contributed by atoms with Gasteiger partial charge in [-0.15, -0.1) is 0 Å². The number of carbonyl (C=O) groups is 1. The summed E-state index contributed by atoms with van der Waals surface area (Å²) in [7, 11) is 0. The number of rotatable bonds is 4. The van der Waals surface area contributed by atoms with E-state index < -0.39 is 17.6 Å². The number of halogens is 4. The van der Waals surface area contributed by atoms with Crippen molar-refractivity contribution in [1.82, 2.24) is 15.1 Å². The molecule has 1 fully saturated rings. The van der Waals surface area contributed by atoms with Crippen LogP contribution in [0.5, 0.6) is 0 Å². The van der Waals surface area contributed by atoms with Crippen LogP contribution in [0, 0.1) is 19.8 Å². The molecule has 8 heteroatoms. The van der Waals surface area contributed by atoms with Gasteiger partial charge in [-0.25, -0.2) is 0 Å². The minimum Gasteiger partial charge on any atom is -0.349 e. The van der Waals surface area contributed by atoms with Crippen molar-refractivity contribution in [3.05, 3.63) is 51.8 Å². The van der Waals surface area contributed by atoms with Crippen molar-refractivity contribution in [3.8, 4) is 0 Å². The summed E-state index contributed by atoms with van der Waals surface area (Å²) >= 11 is 5.95. The van der Waals surface area contributed by atoms with Crippen LogP contribution in [-0.4, -0.2) is 21.7 Å². The fourth-order valence-corrected chi connectivity index (χ4v) is 3.81. The molecule has 0 saturated heterocycles. The first-order valence-electron chi connectivity index (χ1n) is 9.31. The van der Waals surface area contributed by atoms with Crippen molar-refractivity contribution in [2.24, 2.45) is 5.92 Å². The van der Waals surface area contributed by atoms with Crippen LogP contribution in [0.25, 0.3) is 0 Å². The summed E-state index contributed by atoms with van der Waals surface area (Å²) < 4.78 is 40.6. The Balaban J connectivity index is 1.56. The van der Waals surface area contributed by atoms with Crippen LogP contribution < -0.4 is 5.32 Å². The Hall–Kier alpha value is -2.02. The van der Waals surface area contributed by atoms with E-state index in [9.17, 15) is 18.0 Å². The summed E-state index contributed by atoms with van der Waals surface area (Å²) in [4.78, 5) is 12.4.